The smallest absolute Gasteiger partial charge is 0.238 e. The average molecular weight is 328 g/mol. The van der Waals surface area contributed by atoms with Gasteiger partial charge in [-0.15, -0.1) is 0 Å². The quantitative estimate of drug-likeness (QED) is 0.743. The van der Waals surface area contributed by atoms with Crippen molar-refractivity contribution in [2.45, 2.75) is 32.7 Å². The molecule has 104 valence electrons. The molecule has 0 saturated carbocycles. The molecule has 0 aromatic carbocycles. The molecule has 19 heavy (non-hydrogen) atoms. The van der Waals surface area contributed by atoms with Crippen molar-refractivity contribution >= 4 is 27.6 Å². The number of amides is 1. The van der Waals surface area contributed by atoms with Crippen molar-refractivity contribution in [3.8, 4) is 0 Å². The van der Waals surface area contributed by atoms with Crippen LogP contribution in [0.5, 0.6) is 0 Å². The van der Waals surface area contributed by atoms with E-state index in [1.54, 1.807) is 6.08 Å². The SMILES string of the molecule is COC1=CC2(CCN(C(C)(C)C)C2=O)C(Br)=CC1=O. The highest BCUT2D eigenvalue weighted by molar-refractivity contribution is 9.11. The molecule has 5 heteroatoms. The van der Waals surface area contributed by atoms with Gasteiger partial charge in [0.25, 0.3) is 0 Å². The molecule has 2 rings (SSSR count). The van der Waals surface area contributed by atoms with Gasteiger partial charge in [-0.3, -0.25) is 9.59 Å². The Balaban J connectivity index is 2.45. The summed E-state index contributed by atoms with van der Waals surface area (Å²) in [6.45, 7) is 6.70. The molecule has 1 atom stereocenters. The maximum absolute atomic E-state index is 12.8. The molecule has 1 saturated heterocycles. The van der Waals surface area contributed by atoms with Crippen molar-refractivity contribution in [2.24, 2.45) is 5.41 Å². The Labute approximate surface area is 121 Å². The standard InChI is InChI=1S/C14H18BrNO3/c1-13(2,3)16-6-5-14(12(16)18)8-10(19-4)9(17)7-11(14)15/h7-8H,5-6H2,1-4H3. The summed E-state index contributed by atoms with van der Waals surface area (Å²) in [6, 6.07) is 0. The van der Waals surface area contributed by atoms with Crippen LogP contribution < -0.4 is 0 Å². The molecular formula is C14H18BrNO3. The lowest BCUT2D eigenvalue weighted by molar-refractivity contribution is -0.136. The summed E-state index contributed by atoms with van der Waals surface area (Å²) in [5.74, 6) is 0.0551. The Bertz CT molecular complexity index is 501. The molecule has 1 amide bonds. The summed E-state index contributed by atoms with van der Waals surface area (Å²) < 4.78 is 5.71. The summed E-state index contributed by atoms with van der Waals surface area (Å²) in [7, 11) is 1.45. The summed E-state index contributed by atoms with van der Waals surface area (Å²) in [5, 5.41) is 0. The molecule has 1 aliphatic heterocycles. The lowest BCUT2D eigenvalue weighted by atomic mass is 9.81. The molecule has 1 heterocycles. The highest BCUT2D eigenvalue weighted by Gasteiger charge is 2.52. The van der Waals surface area contributed by atoms with Crippen LogP contribution in [-0.4, -0.2) is 35.8 Å². The number of methoxy groups -OCH3 is 1. The number of ether oxygens (including phenoxy) is 1. The van der Waals surface area contributed by atoms with Crippen LogP contribution in [0.25, 0.3) is 0 Å². The largest absolute Gasteiger partial charge is 0.493 e. The molecule has 1 fully saturated rings. The van der Waals surface area contributed by atoms with Gasteiger partial charge in [-0.1, -0.05) is 15.9 Å². The van der Waals surface area contributed by atoms with Gasteiger partial charge in [-0.25, -0.2) is 0 Å². The van der Waals surface area contributed by atoms with Crippen molar-refractivity contribution in [3.63, 3.8) is 0 Å². The lowest BCUT2D eigenvalue weighted by Crippen LogP contribution is -2.45. The first-order chi connectivity index (χ1) is 8.72. The van der Waals surface area contributed by atoms with Crippen LogP contribution in [0, 0.1) is 5.41 Å². The average Bonchev–Trinajstić information content (AvgIpc) is 2.62. The monoisotopic (exact) mass is 327 g/mol. The predicted molar refractivity (Wildman–Crippen MR) is 75.6 cm³/mol. The van der Waals surface area contributed by atoms with Crippen molar-refractivity contribution < 1.29 is 14.3 Å². The third-order valence-electron chi connectivity index (χ3n) is 3.69. The number of halogens is 1. The van der Waals surface area contributed by atoms with Gasteiger partial charge in [-0.2, -0.15) is 0 Å². The number of allylic oxidation sites excluding steroid dienone is 1. The zero-order chi connectivity index (χ0) is 14.4. The molecule has 0 bridgehead atoms. The fourth-order valence-corrected chi connectivity index (χ4v) is 3.26. The molecular weight excluding hydrogens is 310 g/mol. The normalized spacial score (nSPS) is 27.7. The van der Waals surface area contributed by atoms with Crippen LogP contribution in [0.3, 0.4) is 0 Å². The molecule has 0 radical (unpaired) electrons. The van der Waals surface area contributed by atoms with Crippen LogP contribution in [0.2, 0.25) is 0 Å². The van der Waals surface area contributed by atoms with Gasteiger partial charge < -0.3 is 9.64 Å². The summed E-state index contributed by atoms with van der Waals surface area (Å²) in [4.78, 5) is 26.3. The maximum Gasteiger partial charge on any atom is 0.238 e. The lowest BCUT2D eigenvalue weighted by Gasteiger charge is -2.34. The minimum atomic E-state index is -0.771. The number of rotatable bonds is 1. The molecule has 0 N–H and O–H groups in total. The molecule has 0 aromatic rings. The van der Waals surface area contributed by atoms with Crippen LogP contribution in [-0.2, 0) is 14.3 Å². The first-order valence-corrected chi connectivity index (χ1v) is 7.02. The fraction of sp³-hybridized carbons (Fsp3) is 0.571. The van der Waals surface area contributed by atoms with E-state index in [2.05, 4.69) is 15.9 Å². The number of hydrogen-bond donors (Lipinski definition) is 0. The van der Waals surface area contributed by atoms with E-state index >= 15 is 0 Å². The zero-order valence-electron chi connectivity index (χ0n) is 11.6. The third kappa shape index (κ3) is 2.14. The second-order valence-corrected chi connectivity index (χ2v) is 6.77. The van der Waals surface area contributed by atoms with Gasteiger partial charge in [0.2, 0.25) is 11.7 Å². The number of ketones is 1. The van der Waals surface area contributed by atoms with Gasteiger partial charge in [0.1, 0.15) is 5.41 Å². The van der Waals surface area contributed by atoms with E-state index in [0.717, 1.165) is 0 Å². The highest BCUT2D eigenvalue weighted by Crippen LogP contribution is 2.47. The molecule has 2 aliphatic rings. The van der Waals surface area contributed by atoms with Crippen LogP contribution >= 0.6 is 15.9 Å². The van der Waals surface area contributed by atoms with Gasteiger partial charge >= 0.3 is 0 Å². The molecule has 1 unspecified atom stereocenters. The van der Waals surface area contributed by atoms with Gasteiger partial charge in [-0.05, 0) is 33.3 Å². The Morgan fingerprint density at radius 1 is 1.37 bits per heavy atom. The third-order valence-corrected chi connectivity index (χ3v) is 4.63. The molecule has 1 spiro atoms. The summed E-state index contributed by atoms with van der Waals surface area (Å²) in [6.07, 6.45) is 3.76. The highest BCUT2D eigenvalue weighted by atomic mass is 79.9. The first-order valence-electron chi connectivity index (χ1n) is 6.23. The van der Waals surface area contributed by atoms with E-state index in [1.807, 2.05) is 25.7 Å². The second-order valence-electron chi connectivity index (χ2n) is 5.92. The van der Waals surface area contributed by atoms with Crippen molar-refractivity contribution in [3.05, 3.63) is 22.4 Å². The zero-order valence-corrected chi connectivity index (χ0v) is 13.2. The minimum Gasteiger partial charge on any atom is -0.493 e. The predicted octanol–water partition coefficient (Wildman–Crippen LogP) is 2.40. The number of hydrogen-bond acceptors (Lipinski definition) is 3. The Kier molecular flexibility index (Phi) is 3.37. The van der Waals surface area contributed by atoms with Crippen LogP contribution in [0.15, 0.2) is 22.4 Å². The van der Waals surface area contributed by atoms with E-state index in [4.69, 9.17) is 4.74 Å². The van der Waals surface area contributed by atoms with E-state index in [0.29, 0.717) is 17.4 Å². The Morgan fingerprint density at radius 3 is 2.47 bits per heavy atom. The number of carbonyl (C=O) groups excluding carboxylic acids is 2. The minimum absolute atomic E-state index is 0.0187. The van der Waals surface area contributed by atoms with Gasteiger partial charge in [0, 0.05) is 22.6 Å². The van der Waals surface area contributed by atoms with Gasteiger partial charge in [0.15, 0.2) is 5.76 Å². The van der Waals surface area contributed by atoms with Crippen LogP contribution in [0.4, 0.5) is 0 Å². The number of likely N-dealkylation sites (tertiary alicyclic amines) is 1. The van der Waals surface area contributed by atoms with E-state index in [-0.39, 0.29) is 23.0 Å². The maximum atomic E-state index is 12.8. The Morgan fingerprint density at radius 2 is 2.00 bits per heavy atom. The summed E-state index contributed by atoms with van der Waals surface area (Å²) in [5.41, 5.74) is -0.997. The fourth-order valence-electron chi connectivity index (χ4n) is 2.57. The first kappa shape index (κ1) is 14.3. The number of carbonyl (C=O) groups is 2. The van der Waals surface area contributed by atoms with Crippen molar-refractivity contribution in [1.29, 1.82) is 0 Å². The molecule has 0 aromatic heterocycles. The van der Waals surface area contributed by atoms with E-state index in [1.165, 1.54) is 13.2 Å². The van der Waals surface area contributed by atoms with Crippen molar-refractivity contribution in [1.82, 2.24) is 4.90 Å². The van der Waals surface area contributed by atoms with Gasteiger partial charge in [0.05, 0.1) is 7.11 Å². The van der Waals surface area contributed by atoms with E-state index in [9.17, 15) is 9.59 Å². The Hall–Kier alpha value is -1.10. The van der Waals surface area contributed by atoms with E-state index < -0.39 is 5.41 Å². The number of nitrogens with zero attached hydrogens (tertiary/aromatic N) is 1. The topological polar surface area (TPSA) is 46.6 Å². The summed E-state index contributed by atoms with van der Waals surface area (Å²) >= 11 is 3.40. The molecule has 4 nitrogen and oxygen atoms in total. The molecule has 1 aliphatic carbocycles. The van der Waals surface area contributed by atoms with Crippen LogP contribution in [0.1, 0.15) is 27.2 Å². The second kappa shape index (κ2) is 4.47. The van der Waals surface area contributed by atoms with Crippen molar-refractivity contribution in [2.75, 3.05) is 13.7 Å².